The minimum absolute atomic E-state index is 0.227. The van der Waals surface area contributed by atoms with Crippen molar-refractivity contribution in [2.45, 2.75) is 24.5 Å². The zero-order chi connectivity index (χ0) is 20.9. The van der Waals surface area contributed by atoms with Crippen LogP contribution in [0, 0.1) is 0 Å². The Balaban J connectivity index is 1.64. The van der Waals surface area contributed by atoms with E-state index in [2.05, 4.69) is 5.32 Å². The number of sulfone groups is 1. The minimum Gasteiger partial charge on any atom is -0.489 e. The fourth-order valence-corrected chi connectivity index (χ4v) is 3.47. The smallest absolute Gasteiger partial charge is 0.251 e. The number of carbonyl (C=O) groups is 1. The molecule has 0 spiro atoms. The van der Waals surface area contributed by atoms with Crippen LogP contribution in [0.3, 0.4) is 0 Å². The summed E-state index contributed by atoms with van der Waals surface area (Å²) in [4.78, 5) is 12.9. The van der Waals surface area contributed by atoms with Crippen LogP contribution in [-0.4, -0.2) is 20.6 Å². The molecule has 0 aliphatic heterocycles. The highest BCUT2D eigenvalue weighted by molar-refractivity contribution is 7.90. The van der Waals surface area contributed by atoms with Crippen LogP contribution in [0.2, 0.25) is 0 Å². The molecule has 0 heterocycles. The molecule has 150 valence electrons. The third-order valence-electron chi connectivity index (χ3n) is 4.50. The fraction of sp³-hybridized carbons (Fsp3) is 0.174. The Bertz CT molecular complexity index is 1080. The Morgan fingerprint density at radius 2 is 1.66 bits per heavy atom. The van der Waals surface area contributed by atoms with Crippen LogP contribution in [0.25, 0.3) is 0 Å². The zero-order valence-corrected chi connectivity index (χ0v) is 17.1. The van der Waals surface area contributed by atoms with Gasteiger partial charge in [0.25, 0.3) is 5.91 Å². The topological polar surface area (TPSA) is 72.5 Å². The number of hydrogen-bond donors (Lipinski definition) is 1. The van der Waals surface area contributed by atoms with Gasteiger partial charge < -0.3 is 10.1 Å². The van der Waals surface area contributed by atoms with Gasteiger partial charge in [-0.25, -0.2) is 8.42 Å². The SMILES string of the molecule is CC(NC(=O)c1cccc(OCc2ccccc2)c1)c1ccc(S(C)(=O)=O)cc1. The Morgan fingerprint density at radius 3 is 2.31 bits per heavy atom. The first kappa shape index (κ1) is 20.6. The summed E-state index contributed by atoms with van der Waals surface area (Å²) in [5.74, 6) is 0.390. The Morgan fingerprint density at radius 1 is 0.966 bits per heavy atom. The van der Waals surface area contributed by atoms with Crippen LogP contribution >= 0.6 is 0 Å². The van der Waals surface area contributed by atoms with E-state index >= 15 is 0 Å². The van der Waals surface area contributed by atoms with Crippen LogP contribution in [0.15, 0.2) is 83.8 Å². The first-order chi connectivity index (χ1) is 13.8. The molecule has 29 heavy (non-hydrogen) atoms. The van der Waals surface area contributed by atoms with Crippen molar-refractivity contribution >= 4 is 15.7 Å². The Labute approximate surface area is 171 Å². The number of carbonyl (C=O) groups excluding carboxylic acids is 1. The van der Waals surface area contributed by atoms with E-state index in [0.29, 0.717) is 17.9 Å². The summed E-state index contributed by atoms with van der Waals surface area (Å²) in [7, 11) is -3.24. The minimum atomic E-state index is -3.24. The number of amides is 1. The van der Waals surface area contributed by atoms with E-state index in [9.17, 15) is 13.2 Å². The van der Waals surface area contributed by atoms with Gasteiger partial charge in [0.05, 0.1) is 10.9 Å². The fourth-order valence-electron chi connectivity index (χ4n) is 2.84. The highest BCUT2D eigenvalue weighted by atomic mass is 32.2. The quantitative estimate of drug-likeness (QED) is 0.636. The average molecular weight is 410 g/mol. The van der Waals surface area contributed by atoms with E-state index in [-0.39, 0.29) is 16.8 Å². The predicted octanol–water partition coefficient (Wildman–Crippen LogP) is 4.16. The maximum Gasteiger partial charge on any atom is 0.251 e. The standard InChI is InChI=1S/C23H23NO4S/c1-17(19-11-13-22(14-12-19)29(2,26)27)24-23(25)20-9-6-10-21(15-20)28-16-18-7-4-3-5-8-18/h3-15,17H,16H2,1-2H3,(H,24,25). The van der Waals surface area contributed by atoms with Crippen molar-refractivity contribution in [3.63, 3.8) is 0 Å². The molecule has 5 nitrogen and oxygen atoms in total. The third kappa shape index (κ3) is 5.68. The van der Waals surface area contributed by atoms with Gasteiger partial charge in [-0.2, -0.15) is 0 Å². The molecule has 0 aliphatic carbocycles. The van der Waals surface area contributed by atoms with Crippen molar-refractivity contribution in [1.82, 2.24) is 5.32 Å². The molecule has 0 aliphatic rings. The van der Waals surface area contributed by atoms with E-state index in [1.807, 2.05) is 43.3 Å². The Kier molecular flexibility index (Phi) is 6.34. The van der Waals surface area contributed by atoms with Gasteiger partial charge in [-0.1, -0.05) is 48.5 Å². The van der Waals surface area contributed by atoms with Crippen molar-refractivity contribution in [2.24, 2.45) is 0 Å². The number of hydrogen-bond acceptors (Lipinski definition) is 4. The maximum absolute atomic E-state index is 12.6. The lowest BCUT2D eigenvalue weighted by Gasteiger charge is -2.15. The molecule has 3 rings (SSSR count). The highest BCUT2D eigenvalue weighted by Gasteiger charge is 2.14. The lowest BCUT2D eigenvalue weighted by Crippen LogP contribution is -2.26. The van der Waals surface area contributed by atoms with Gasteiger partial charge in [-0.15, -0.1) is 0 Å². The summed E-state index contributed by atoms with van der Waals surface area (Å²) in [6.45, 7) is 2.28. The largest absolute Gasteiger partial charge is 0.489 e. The molecule has 0 aromatic heterocycles. The molecule has 1 unspecified atom stereocenters. The molecular weight excluding hydrogens is 386 g/mol. The first-order valence-electron chi connectivity index (χ1n) is 9.20. The first-order valence-corrected chi connectivity index (χ1v) is 11.1. The summed E-state index contributed by atoms with van der Waals surface area (Å²) in [5.41, 5.74) is 2.37. The zero-order valence-electron chi connectivity index (χ0n) is 16.3. The molecule has 0 saturated carbocycles. The van der Waals surface area contributed by atoms with E-state index < -0.39 is 9.84 Å². The molecule has 1 N–H and O–H groups in total. The molecule has 3 aromatic carbocycles. The van der Waals surface area contributed by atoms with Crippen molar-refractivity contribution in [1.29, 1.82) is 0 Å². The van der Waals surface area contributed by atoms with E-state index in [0.717, 1.165) is 11.1 Å². The molecule has 0 saturated heterocycles. The van der Waals surface area contributed by atoms with E-state index in [1.165, 1.54) is 6.26 Å². The molecular formula is C23H23NO4S. The van der Waals surface area contributed by atoms with Gasteiger partial charge in [-0.05, 0) is 48.4 Å². The summed E-state index contributed by atoms with van der Waals surface area (Å²) in [6, 6.07) is 23.1. The van der Waals surface area contributed by atoms with Gasteiger partial charge in [0.15, 0.2) is 9.84 Å². The van der Waals surface area contributed by atoms with Crippen LogP contribution in [0.5, 0.6) is 5.75 Å². The summed E-state index contributed by atoms with van der Waals surface area (Å²) in [6.07, 6.45) is 1.17. The highest BCUT2D eigenvalue weighted by Crippen LogP contribution is 2.19. The monoisotopic (exact) mass is 409 g/mol. The van der Waals surface area contributed by atoms with Gasteiger partial charge in [0.2, 0.25) is 0 Å². The molecule has 0 radical (unpaired) electrons. The lowest BCUT2D eigenvalue weighted by atomic mass is 10.1. The van der Waals surface area contributed by atoms with Crippen molar-refractivity contribution < 1.29 is 17.9 Å². The molecule has 0 fully saturated rings. The Hall–Kier alpha value is -3.12. The second-order valence-electron chi connectivity index (χ2n) is 6.84. The number of rotatable bonds is 7. The number of ether oxygens (including phenoxy) is 1. The van der Waals surface area contributed by atoms with Crippen molar-refractivity contribution in [3.05, 3.63) is 95.6 Å². The van der Waals surface area contributed by atoms with Crippen molar-refractivity contribution in [3.8, 4) is 5.75 Å². The molecule has 6 heteroatoms. The van der Waals surface area contributed by atoms with Crippen LogP contribution < -0.4 is 10.1 Å². The normalized spacial score (nSPS) is 12.2. The third-order valence-corrected chi connectivity index (χ3v) is 5.63. The number of benzene rings is 3. The second-order valence-corrected chi connectivity index (χ2v) is 8.85. The lowest BCUT2D eigenvalue weighted by molar-refractivity contribution is 0.0939. The van der Waals surface area contributed by atoms with Crippen LogP contribution in [0.4, 0.5) is 0 Å². The maximum atomic E-state index is 12.6. The molecule has 1 atom stereocenters. The van der Waals surface area contributed by atoms with Crippen LogP contribution in [0.1, 0.15) is 34.5 Å². The van der Waals surface area contributed by atoms with Gasteiger partial charge >= 0.3 is 0 Å². The van der Waals surface area contributed by atoms with Gasteiger partial charge in [0.1, 0.15) is 12.4 Å². The van der Waals surface area contributed by atoms with Gasteiger partial charge in [0, 0.05) is 11.8 Å². The predicted molar refractivity (Wildman–Crippen MR) is 113 cm³/mol. The second kappa shape index (κ2) is 8.92. The molecule has 3 aromatic rings. The van der Waals surface area contributed by atoms with Crippen molar-refractivity contribution in [2.75, 3.05) is 6.26 Å². The molecule has 1 amide bonds. The van der Waals surface area contributed by atoms with E-state index in [4.69, 9.17) is 4.74 Å². The van der Waals surface area contributed by atoms with E-state index in [1.54, 1.807) is 42.5 Å². The summed E-state index contributed by atoms with van der Waals surface area (Å²) in [5, 5.41) is 2.93. The van der Waals surface area contributed by atoms with Gasteiger partial charge in [-0.3, -0.25) is 4.79 Å². The molecule has 0 bridgehead atoms. The average Bonchev–Trinajstić information content (AvgIpc) is 2.72. The summed E-state index contributed by atoms with van der Waals surface area (Å²) < 4.78 is 28.9. The van der Waals surface area contributed by atoms with Crippen LogP contribution in [-0.2, 0) is 16.4 Å². The number of nitrogens with one attached hydrogen (secondary N) is 1. The summed E-state index contributed by atoms with van der Waals surface area (Å²) >= 11 is 0.